The van der Waals surface area contributed by atoms with Gasteiger partial charge in [-0.25, -0.2) is 9.97 Å². The maximum atomic E-state index is 12.9. The number of nitrogens with two attached hydrogens (primary N) is 1. The number of nitrogens with zero attached hydrogens (tertiary/aromatic N) is 3. The Kier molecular flexibility index (Phi) is 5.42. The Hall–Kier alpha value is -3.41. The van der Waals surface area contributed by atoms with Gasteiger partial charge >= 0.3 is 0 Å². The van der Waals surface area contributed by atoms with Gasteiger partial charge in [-0.1, -0.05) is 30.3 Å². The zero-order chi connectivity index (χ0) is 20.2. The van der Waals surface area contributed by atoms with E-state index in [1.807, 2.05) is 59.5 Å². The van der Waals surface area contributed by atoms with Gasteiger partial charge in [-0.15, -0.1) is 0 Å². The largest absolute Gasteiger partial charge is 0.497 e. The van der Waals surface area contributed by atoms with Crippen LogP contribution in [-0.2, 0) is 0 Å². The van der Waals surface area contributed by atoms with E-state index < -0.39 is 0 Å². The Morgan fingerprint density at radius 1 is 1.14 bits per heavy atom. The van der Waals surface area contributed by atoms with Crippen LogP contribution in [0.3, 0.4) is 0 Å². The molecule has 0 spiro atoms. The van der Waals surface area contributed by atoms with Crippen LogP contribution in [0.1, 0.15) is 34.8 Å². The lowest BCUT2D eigenvalue weighted by atomic mass is 9.89. The third-order valence-corrected chi connectivity index (χ3v) is 5.35. The number of anilines is 1. The number of benzene rings is 2. The molecule has 1 unspecified atom stereocenters. The summed E-state index contributed by atoms with van der Waals surface area (Å²) in [4.78, 5) is 23.6. The van der Waals surface area contributed by atoms with Crippen LogP contribution in [0.25, 0.3) is 11.1 Å². The first-order valence-corrected chi connectivity index (χ1v) is 9.77. The van der Waals surface area contributed by atoms with E-state index in [1.54, 1.807) is 13.3 Å². The molecule has 1 aliphatic heterocycles. The highest BCUT2D eigenvalue weighted by atomic mass is 16.5. The van der Waals surface area contributed by atoms with E-state index in [9.17, 15) is 4.79 Å². The van der Waals surface area contributed by atoms with Crippen molar-refractivity contribution < 1.29 is 9.53 Å². The van der Waals surface area contributed by atoms with Gasteiger partial charge in [0.15, 0.2) is 0 Å². The normalized spacial score (nSPS) is 16.4. The van der Waals surface area contributed by atoms with E-state index in [1.165, 1.54) is 0 Å². The first kappa shape index (κ1) is 18.9. The molecule has 1 saturated heterocycles. The Morgan fingerprint density at radius 2 is 1.90 bits per heavy atom. The maximum absolute atomic E-state index is 12.9. The van der Waals surface area contributed by atoms with E-state index in [2.05, 4.69) is 9.97 Å². The summed E-state index contributed by atoms with van der Waals surface area (Å²) >= 11 is 0. The second-order valence-electron chi connectivity index (χ2n) is 7.21. The number of carbonyl (C=O) groups excluding carboxylic acids is 1. The molecule has 1 fully saturated rings. The van der Waals surface area contributed by atoms with Crippen molar-refractivity contribution in [3.05, 3.63) is 72.1 Å². The van der Waals surface area contributed by atoms with Gasteiger partial charge in [0.2, 0.25) is 5.95 Å². The smallest absolute Gasteiger partial charge is 0.253 e. The quantitative estimate of drug-likeness (QED) is 0.736. The average molecular weight is 388 g/mol. The molecule has 2 heterocycles. The number of hydrogen-bond acceptors (Lipinski definition) is 5. The number of methoxy groups -OCH3 is 1. The van der Waals surface area contributed by atoms with Crippen molar-refractivity contribution in [1.82, 2.24) is 14.9 Å². The summed E-state index contributed by atoms with van der Waals surface area (Å²) in [5, 5.41) is 0. The summed E-state index contributed by atoms with van der Waals surface area (Å²) in [6.45, 7) is 1.37. The minimum atomic E-state index is 0.0586. The molecule has 29 heavy (non-hydrogen) atoms. The fraction of sp³-hybridized carbons (Fsp3) is 0.261. The Bertz CT molecular complexity index is 990. The molecule has 0 radical (unpaired) electrons. The fourth-order valence-electron chi connectivity index (χ4n) is 3.86. The van der Waals surface area contributed by atoms with Crippen LogP contribution < -0.4 is 10.5 Å². The minimum absolute atomic E-state index is 0.0586. The number of nitrogen functional groups attached to an aromatic ring is 1. The lowest BCUT2D eigenvalue weighted by molar-refractivity contribution is 0.0706. The Balaban J connectivity index is 1.63. The highest BCUT2D eigenvalue weighted by Gasteiger charge is 2.28. The third-order valence-electron chi connectivity index (χ3n) is 5.35. The predicted molar refractivity (Wildman–Crippen MR) is 113 cm³/mol. The van der Waals surface area contributed by atoms with E-state index >= 15 is 0 Å². The summed E-state index contributed by atoms with van der Waals surface area (Å²) < 4.78 is 5.26. The number of likely N-dealkylation sites (tertiary alicyclic amines) is 1. The van der Waals surface area contributed by atoms with E-state index in [-0.39, 0.29) is 17.8 Å². The van der Waals surface area contributed by atoms with Gasteiger partial charge in [0.05, 0.1) is 12.8 Å². The van der Waals surface area contributed by atoms with Crippen LogP contribution in [0.4, 0.5) is 5.95 Å². The molecular weight excluding hydrogens is 364 g/mol. The predicted octanol–water partition coefficient (Wildman–Crippen LogP) is 3.75. The number of hydrogen-bond donors (Lipinski definition) is 1. The Labute approximate surface area is 170 Å². The summed E-state index contributed by atoms with van der Waals surface area (Å²) in [5.41, 5.74) is 9.48. The summed E-state index contributed by atoms with van der Waals surface area (Å²) in [7, 11) is 1.65. The topological polar surface area (TPSA) is 81.3 Å². The van der Waals surface area contributed by atoms with Crippen LogP contribution in [0, 0.1) is 0 Å². The number of piperidine rings is 1. The molecular formula is C23H24N4O2. The first-order valence-electron chi connectivity index (χ1n) is 9.77. The third kappa shape index (κ3) is 4.06. The van der Waals surface area contributed by atoms with E-state index in [0.717, 1.165) is 42.0 Å². The van der Waals surface area contributed by atoms with Crippen LogP contribution in [0.5, 0.6) is 5.75 Å². The van der Waals surface area contributed by atoms with E-state index in [4.69, 9.17) is 10.5 Å². The van der Waals surface area contributed by atoms with Crippen LogP contribution in [0.15, 0.2) is 60.8 Å². The second-order valence-corrected chi connectivity index (χ2v) is 7.21. The van der Waals surface area contributed by atoms with Gasteiger partial charge in [-0.3, -0.25) is 4.79 Å². The monoisotopic (exact) mass is 388 g/mol. The van der Waals surface area contributed by atoms with Gasteiger partial charge in [0.25, 0.3) is 5.91 Å². The molecule has 0 aliphatic carbocycles. The van der Waals surface area contributed by atoms with Gasteiger partial charge in [-0.2, -0.15) is 0 Å². The molecule has 6 heteroatoms. The number of rotatable bonds is 4. The fourth-order valence-corrected chi connectivity index (χ4v) is 3.86. The minimum Gasteiger partial charge on any atom is -0.497 e. The molecule has 148 valence electrons. The molecule has 6 nitrogen and oxygen atoms in total. The zero-order valence-corrected chi connectivity index (χ0v) is 16.4. The van der Waals surface area contributed by atoms with Gasteiger partial charge < -0.3 is 15.4 Å². The number of carbonyl (C=O) groups is 1. The van der Waals surface area contributed by atoms with Crippen molar-refractivity contribution in [2.75, 3.05) is 25.9 Å². The Morgan fingerprint density at radius 3 is 2.62 bits per heavy atom. The molecule has 0 bridgehead atoms. The average Bonchev–Trinajstić information content (AvgIpc) is 2.79. The van der Waals surface area contributed by atoms with Crippen LogP contribution in [-0.4, -0.2) is 41.0 Å². The summed E-state index contributed by atoms with van der Waals surface area (Å²) in [6, 6.07) is 17.2. The number of ether oxygens (including phenoxy) is 1. The van der Waals surface area contributed by atoms with Crippen molar-refractivity contribution in [3.63, 3.8) is 0 Å². The molecule has 1 aromatic heterocycles. The molecule has 1 amide bonds. The van der Waals surface area contributed by atoms with Crippen molar-refractivity contribution in [3.8, 4) is 16.9 Å². The highest BCUT2D eigenvalue weighted by molar-refractivity contribution is 5.94. The van der Waals surface area contributed by atoms with Crippen molar-refractivity contribution in [1.29, 1.82) is 0 Å². The summed E-state index contributed by atoms with van der Waals surface area (Å²) in [5.74, 6) is 1.22. The SMILES string of the molecule is COc1ccc(-c2cnc(N)nc2C2CCCN(C(=O)c3ccccc3)C2)cc1. The van der Waals surface area contributed by atoms with Crippen molar-refractivity contribution in [2.45, 2.75) is 18.8 Å². The van der Waals surface area contributed by atoms with Crippen molar-refractivity contribution >= 4 is 11.9 Å². The second kappa shape index (κ2) is 8.31. The lowest BCUT2D eigenvalue weighted by Crippen LogP contribution is -2.39. The molecule has 1 atom stereocenters. The van der Waals surface area contributed by atoms with Crippen LogP contribution >= 0.6 is 0 Å². The molecule has 4 rings (SSSR count). The number of amides is 1. The molecule has 2 N–H and O–H groups in total. The van der Waals surface area contributed by atoms with Gasteiger partial charge in [-0.05, 0) is 42.7 Å². The van der Waals surface area contributed by atoms with E-state index in [0.29, 0.717) is 12.1 Å². The van der Waals surface area contributed by atoms with Crippen LogP contribution in [0.2, 0.25) is 0 Å². The molecule has 1 aliphatic rings. The number of aromatic nitrogens is 2. The summed E-state index contributed by atoms with van der Waals surface area (Å²) in [6.07, 6.45) is 3.66. The maximum Gasteiger partial charge on any atom is 0.253 e. The van der Waals surface area contributed by atoms with Crippen molar-refractivity contribution in [2.24, 2.45) is 0 Å². The van der Waals surface area contributed by atoms with Gasteiger partial charge in [0, 0.05) is 36.3 Å². The first-order chi connectivity index (χ1) is 14.2. The molecule has 0 saturated carbocycles. The standard InChI is InChI=1S/C23H24N4O2/c1-29-19-11-9-16(10-12-19)20-14-25-23(24)26-21(20)18-8-5-13-27(15-18)22(28)17-6-3-2-4-7-17/h2-4,6-7,9-12,14,18H,5,8,13,15H2,1H3,(H2,24,25,26). The molecule has 3 aromatic rings. The molecule has 2 aromatic carbocycles. The lowest BCUT2D eigenvalue weighted by Gasteiger charge is -2.33. The highest BCUT2D eigenvalue weighted by Crippen LogP contribution is 2.34. The van der Waals surface area contributed by atoms with Gasteiger partial charge in [0.1, 0.15) is 5.75 Å². The zero-order valence-electron chi connectivity index (χ0n) is 16.4.